The van der Waals surface area contributed by atoms with Gasteiger partial charge in [-0.25, -0.2) is 3.53 Å². The van der Waals surface area contributed by atoms with Gasteiger partial charge >= 0.3 is 0 Å². The highest BCUT2D eigenvalue weighted by Crippen LogP contribution is 2.22. The maximum atomic E-state index is 10.2. The summed E-state index contributed by atoms with van der Waals surface area (Å²) in [4.78, 5) is 0. The van der Waals surface area contributed by atoms with Crippen molar-refractivity contribution in [2.75, 3.05) is 6.54 Å². The van der Waals surface area contributed by atoms with E-state index in [9.17, 15) is 3.07 Å². The lowest BCUT2D eigenvalue weighted by atomic mass is 9.90. The van der Waals surface area contributed by atoms with Gasteiger partial charge in [-0.3, -0.25) is 3.07 Å². The van der Waals surface area contributed by atoms with E-state index in [0.717, 1.165) is 12.5 Å². The molecular weight excluding hydrogens is 241 g/mol. The van der Waals surface area contributed by atoms with Crippen LogP contribution >= 0.6 is 21.5 Å². The monoisotopic (exact) mass is 255 g/mol. The van der Waals surface area contributed by atoms with E-state index < -0.39 is 21.5 Å². The van der Waals surface area contributed by atoms with Gasteiger partial charge < -0.3 is 0 Å². The van der Waals surface area contributed by atoms with Gasteiger partial charge in [-0.05, 0) is 18.8 Å². The second-order valence-corrected chi connectivity index (χ2v) is 4.12. The molecule has 1 fully saturated rings. The molecule has 0 aliphatic heterocycles. The van der Waals surface area contributed by atoms with Crippen molar-refractivity contribution in [3.8, 4) is 0 Å². The lowest BCUT2D eigenvalue weighted by Crippen LogP contribution is -2.17. The molecule has 0 aromatic carbocycles. The third kappa shape index (κ3) is 3.05. The molecule has 0 unspecified atom stereocenters. The largest absolute Gasteiger partial charge is 0.252 e. The van der Waals surface area contributed by atoms with Crippen LogP contribution in [0, 0.1) is 5.92 Å². The van der Waals surface area contributed by atoms with Crippen LogP contribution in [0.25, 0.3) is 0 Å². The number of hydrogen-bond donors (Lipinski definition) is 1. The minimum absolute atomic E-state index is 0.822. The molecule has 10 heavy (non-hydrogen) atoms. The quantitative estimate of drug-likeness (QED) is 0.619. The fourth-order valence-electron chi connectivity index (χ4n) is 1.53. The van der Waals surface area contributed by atoms with Crippen LogP contribution in [0.4, 0.5) is 0 Å². The lowest BCUT2D eigenvalue weighted by molar-refractivity contribution is 0.362. The number of hydrogen-bond acceptors (Lipinski definition) is 1. The number of nitrogens with one attached hydrogen (secondary N) is 1. The van der Waals surface area contributed by atoms with Crippen molar-refractivity contribution in [3.63, 3.8) is 0 Å². The summed E-state index contributed by atoms with van der Waals surface area (Å²) in [7, 11) is 0. The van der Waals surface area contributed by atoms with Gasteiger partial charge in [-0.2, -0.15) is 0 Å². The number of rotatable bonds is 3. The predicted molar refractivity (Wildman–Crippen MR) is 49.3 cm³/mol. The Morgan fingerprint density at radius 3 is 2.60 bits per heavy atom. The van der Waals surface area contributed by atoms with Crippen LogP contribution in [-0.2, 0) is 3.07 Å². The highest BCUT2D eigenvalue weighted by atomic mass is 127. The molecule has 3 heteroatoms. The summed E-state index contributed by atoms with van der Waals surface area (Å²) in [5.41, 5.74) is 0. The normalized spacial score (nSPS) is 21.2. The van der Waals surface area contributed by atoms with Gasteiger partial charge in [0.05, 0.1) is 0 Å². The summed E-state index contributed by atoms with van der Waals surface area (Å²) in [5, 5.41) is 0. The highest BCUT2D eigenvalue weighted by molar-refractivity contribution is 14.1. The molecule has 0 spiro atoms. The maximum Gasteiger partial charge on any atom is 0.236 e. The molecule has 0 bridgehead atoms. The van der Waals surface area contributed by atoms with Crippen LogP contribution < -0.4 is 3.53 Å². The Morgan fingerprint density at radius 1 is 1.30 bits per heavy atom. The Morgan fingerprint density at radius 2 is 2.00 bits per heavy atom. The summed E-state index contributed by atoms with van der Waals surface area (Å²) in [5.74, 6) is 0.822. The van der Waals surface area contributed by atoms with Gasteiger partial charge in [-0.15, -0.1) is 0 Å². The molecule has 1 aliphatic rings. The smallest absolute Gasteiger partial charge is 0.236 e. The second kappa shape index (κ2) is 5.18. The lowest BCUT2D eigenvalue weighted by Gasteiger charge is -2.19. The zero-order valence-corrected chi connectivity index (χ0v) is 8.26. The van der Waals surface area contributed by atoms with Gasteiger partial charge in [0.15, 0.2) is 0 Å². The van der Waals surface area contributed by atoms with E-state index in [0.29, 0.717) is 0 Å². The van der Waals surface area contributed by atoms with E-state index in [1.807, 2.05) is 0 Å². The average Bonchev–Trinajstić information content (AvgIpc) is 2.03. The Bertz CT molecular complexity index is 102. The third-order valence-corrected chi connectivity index (χ3v) is 2.90. The van der Waals surface area contributed by atoms with Crippen molar-refractivity contribution in [1.29, 1.82) is 0 Å². The second-order valence-electron chi connectivity index (χ2n) is 2.92. The summed E-state index contributed by atoms with van der Waals surface area (Å²) in [6.45, 7) is 0.997. The highest BCUT2D eigenvalue weighted by Gasteiger charge is 2.11. The molecule has 1 aliphatic carbocycles. The standard InChI is InChI=1S/C7H14INO/c10-8-9-6-7-4-2-1-3-5-7/h7H,1-6H2,(H,9,10). The maximum absolute atomic E-state index is 10.2. The van der Waals surface area contributed by atoms with Crippen molar-refractivity contribution >= 4 is 21.5 Å². The average molecular weight is 255 g/mol. The first kappa shape index (κ1) is 8.59. The zero-order chi connectivity index (χ0) is 7.23. The van der Waals surface area contributed by atoms with Crippen molar-refractivity contribution in [3.05, 3.63) is 0 Å². The molecule has 60 valence electrons. The molecule has 0 saturated heterocycles. The van der Waals surface area contributed by atoms with Gasteiger partial charge in [-0.1, -0.05) is 19.3 Å². The Balaban J connectivity index is 2.07. The summed E-state index contributed by atoms with van der Waals surface area (Å²) in [6.07, 6.45) is 6.85. The molecule has 0 radical (unpaired) electrons. The zero-order valence-electron chi connectivity index (χ0n) is 6.11. The Labute approximate surface area is 72.8 Å². The molecule has 0 aromatic heterocycles. The number of halogens is 1. The van der Waals surface area contributed by atoms with Gasteiger partial charge in [0.25, 0.3) is 0 Å². The van der Waals surface area contributed by atoms with Crippen LogP contribution in [-0.4, -0.2) is 6.54 Å². The van der Waals surface area contributed by atoms with E-state index in [1.54, 1.807) is 0 Å². The molecule has 1 rings (SSSR count). The molecule has 1 saturated carbocycles. The Kier molecular flexibility index (Phi) is 4.45. The summed E-state index contributed by atoms with van der Waals surface area (Å²) in [6, 6.07) is 0. The molecule has 2 nitrogen and oxygen atoms in total. The van der Waals surface area contributed by atoms with Crippen LogP contribution in [0.3, 0.4) is 0 Å². The van der Waals surface area contributed by atoms with Crippen LogP contribution in [0.1, 0.15) is 32.1 Å². The molecule has 0 heterocycles. The van der Waals surface area contributed by atoms with E-state index in [2.05, 4.69) is 3.53 Å². The van der Waals surface area contributed by atoms with Crippen LogP contribution in [0.2, 0.25) is 0 Å². The fraction of sp³-hybridized carbons (Fsp3) is 1.00. The summed E-state index contributed by atoms with van der Waals surface area (Å²) >= 11 is -0.920. The minimum atomic E-state index is -0.920. The van der Waals surface area contributed by atoms with Crippen molar-refractivity contribution < 1.29 is 3.07 Å². The third-order valence-electron chi connectivity index (χ3n) is 2.15. The first-order valence-electron chi connectivity index (χ1n) is 3.92. The van der Waals surface area contributed by atoms with Gasteiger partial charge in [0.1, 0.15) is 0 Å². The van der Waals surface area contributed by atoms with E-state index in [4.69, 9.17) is 0 Å². The first-order chi connectivity index (χ1) is 4.93. The summed E-state index contributed by atoms with van der Waals surface area (Å²) < 4.78 is 13.1. The SMILES string of the molecule is O=INCC1CCCCC1. The first-order valence-corrected chi connectivity index (χ1v) is 5.88. The van der Waals surface area contributed by atoms with Crippen LogP contribution in [0.15, 0.2) is 0 Å². The van der Waals surface area contributed by atoms with Crippen LogP contribution in [0.5, 0.6) is 0 Å². The molecule has 1 N–H and O–H groups in total. The topological polar surface area (TPSA) is 29.1 Å². The van der Waals surface area contributed by atoms with Crippen molar-refractivity contribution in [1.82, 2.24) is 3.53 Å². The predicted octanol–water partition coefficient (Wildman–Crippen LogP) is 2.39. The molecule has 0 atom stereocenters. The van der Waals surface area contributed by atoms with Crippen molar-refractivity contribution in [2.24, 2.45) is 5.92 Å². The van der Waals surface area contributed by atoms with Crippen molar-refractivity contribution in [2.45, 2.75) is 32.1 Å². The van der Waals surface area contributed by atoms with E-state index >= 15 is 0 Å². The van der Waals surface area contributed by atoms with E-state index in [-0.39, 0.29) is 0 Å². The molecular formula is C7H14INO. The van der Waals surface area contributed by atoms with E-state index in [1.165, 1.54) is 32.1 Å². The fourth-order valence-corrected chi connectivity index (χ4v) is 2.33. The molecule has 0 amide bonds. The minimum Gasteiger partial charge on any atom is -0.252 e. The molecule has 0 aromatic rings. The Hall–Kier alpha value is 0.490. The van der Waals surface area contributed by atoms with Gasteiger partial charge in [0, 0.05) is 6.54 Å². The van der Waals surface area contributed by atoms with Gasteiger partial charge in [0.2, 0.25) is 21.5 Å².